The van der Waals surface area contributed by atoms with Crippen LogP contribution < -0.4 is 0 Å². The summed E-state index contributed by atoms with van der Waals surface area (Å²) in [5.41, 5.74) is 19.8. The van der Waals surface area contributed by atoms with Gasteiger partial charge in [-0.25, -0.2) is 0 Å². The molecule has 0 spiro atoms. The first-order chi connectivity index (χ1) is 31.8. The van der Waals surface area contributed by atoms with Crippen LogP contribution in [0.25, 0.3) is 121 Å². The Hall–Kier alpha value is -7.74. The molecule has 0 fully saturated rings. The maximum atomic E-state index is 6.88. The van der Waals surface area contributed by atoms with Gasteiger partial charge in [0.2, 0.25) is 0 Å². The van der Waals surface area contributed by atoms with Crippen LogP contribution in [0.15, 0.2) is 199 Å². The summed E-state index contributed by atoms with van der Waals surface area (Å²) in [4.78, 5) is 0. The molecule has 0 aliphatic heterocycles. The second-order valence-corrected chi connectivity index (χ2v) is 19.5. The number of hydrogen-bond donors (Lipinski definition) is 0. The fraction of sp³-hybridized carbons (Fsp3) is 0.0938. The molecule has 1 nitrogen and oxygen atoms in total. The smallest absolute Gasteiger partial charge is 0.136 e. The molecule has 2 aliphatic carbocycles. The SMILES string of the molecule is CC1(C)c2ccc(-c3cc4oc5cc6ccccc6cc5c4c4c3C(C)(C)c3ccccc3-4)cc2-c2ccc(-c3c4ccccc4c(-c4cccc5ccccc45)c4ccccc34)cc21. The molecular formula is C64H44O. The average Bonchev–Trinajstić information content (AvgIpc) is 3.90. The molecule has 14 rings (SSSR count). The van der Waals surface area contributed by atoms with E-state index in [9.17, 15) is 0 Å². The summed E-state index contributed by atoms with van der Waals surface area (Å²) in [5.74, 6) is 0. The molecule has 0 radical (unpaired) electrons. The van der Waals surface area contributed by atoms with Gasteiger partial charge in [-0.1, -0.05) is 191 Å². The molecule has 1 aromatic heterocycles. The van der Waals surface area contributed by atoms with E-state index in [-0.39, 0.29) is 10.8 Å². The lowest BCUT2D eigenvalue weighted by molar-refractivity contribution is 0.657. The first-order valence-corrected chi connectivity index (χ1v) is 23.0. The largest absolute Gasteiger partial charge is 0.456 e. The van der Waals surface area contributed by atoms with E-state index < -0.39 is 0 Å². The van der Waals surface area contributed by atoms with Gasteiger partial charge in [0.25, 0.3) is 0 Å². The molecule has 1 heteroatoms. The molecule has 2 aliphatic rings. The van der Waals surface area contributed by atoms with Gasteiger partial charge in [0.1, 0.15) is 11.2 Å². The van der Waals surface area contributed by atoms with Gasteiger partial charge in [-0.15, -0.1) is 0 Å². The summed E-state index contributed by atoms with van der Waals surface area (Å²) in [6.45, 7) is 9.62. The van der Waals surface area contributed by atoms with Crippen LogP contribution in [0.4, 0.5) is 0 Å². The summed E-state index contributed by atoms with van der Waals surface area (Å²) < 4.78 is 6.88. The van der Waals surface area contributed by atoms with E-state index in [0.717, 1.165) is 11.2 Å². The van der Waals surface area contributed by atoms with Crippen LogP contribution in [-0.4, -0.2) is 0 Å². The predicted octanol–water partition coefficient (Wildman–Crippen LogP) is 17.8. The molecule has 1 heterocycles. The maximum Gasteiger partial charge on any atom is 0.136 e. The molecule has 12 aromatic rings. The Kier molecular flexibility index (Phi) is 7.30. The maximum absolute atomic E-state index is 6.88. The van der Waals surface area contributed by atoms with E-state index in [4.69, 9.17) is 4.42 Å². The minimum Gasteiger partial charge on any atom is -0.456 e. The Labute approximate surface area is 378 Å². The monoisotopic (exact) mass is 828 g/mol. The number of benzene rings is 11. The zero-order valence-electron chi connectivity index (χ0n) is 36.9. The zero-order valence-corrected chi connectivity index (χ0v) is 36.9. The van der Waals surface area contributed by atoms with Crippen LogP contribution in [0.5, 0.6) is 0 Å². The summed E-state index contributed by atoms with van der Waals surface area (Å²) in [7, 11) is 0. The lowest BCUT2D eigenvalue weighted by Gasteiger charge is -2.25. The van der Waals surface area contributed by atoms with Crippen molar-refractivity contribution in [3.63, 3.8) is 0 Å². The third-order valence-electron chi connectivity index (χ3n) is 15.4. The van der Waals surface area contributed by atoms with Crippen LogP contribution in [0.2, 0.25) is 0 Å². The van der Waals surface area contributed by atoms with Crippen molar-refractivity contribution in [1.29, 1.82) is 0 Å². The Morgan fingerprint density at radius 2 is 0.892 bits per heavy atom. The van der Waals surface area contributed by atoms with Gasteiger partial charge in [-0.05, 0) is 151 Å². The summed E-state index contributed by atoms with van der Waals surface area (Å²) in [5, 5.41) is 12.5. The Morgan fingerprint density at radius 1 is 0.308 bits per heavy atom. The van der Waals surface area contributed by atoms with Crippen molar-refractivity contribution < 1.29 is 4.42 Å². The fourth-order valence-corrected chi connectivity index (χ4v) is 12.4. The molecule has 11 aromatic carbocycles. The van der Waals surface area contributed by atoms with Crippen molar-refractivity contribution in [3.05, 3.63) is 216 Å². The van der Waals surface area contributed by atoms with E-state index in [1.165, 1.54) is 132 Å². The summed E-state index contributed by atoms with van der Waals surface area (Å²) in [6.07, 6.45) is 0. The number of furan rings is 1. The van der Waals surface area contributed by atoms with Gasteiger partial charge in [0.05, 0.1) is 0 Å². The van der Waals surface area contributed by atoms with Crippen LogP contribution >= 0.6 is 0 Å². The second kappa shape index (κ2) is 12.9. The molecule has 0 N–H and O–H groups in total. The Bertz CT molecular complexity index is 4000. The van der Waals surface area contributed by atoms with Crippen LogP contribution in [0, 0.1) is 0 Å². The van der Waals surface area contributed by atoms with Crippen molar-refractivity contribution >= 4 is 65.0 Å². The highest BCUT2D eigenvalue weighted by atomic mass is 16.3. The molecule has 306 valence electrons. The number of fused-ring (bicyclic) bond motifs is 14. The van der Waals surface area contributed by atoms with Gasteiger partial charge >= 0.3 is 0 Å². The van der Waals surface area contributed by atoms with Gasteiger partial charge in [-0.2, -0.15) is 0 Å². The molecule has 0 amide bonds. The van der Waals surface area contributed by atoms with Crippen LogP contribution in [0.3, 0.4) is 0 Å². The van der Waals surface area contributed by atoms with Crippen molar-refractivity contribution in [1.82, 2.24) is 0 Å². The van der Waals surface area contributed by atoms with Crippen LogP contribution in [0.1, 0.15) is 49.9 Å². The lowest BCUT2D eigenvalue weighted by Crippen LogP contribution is -2.16. The Morgan fingerprint density at radius 3 is 1.65 bits per heavy atom. The minimum atomic E-state index is -0.213. The molecular weight excluding hydrogens is 785 g/mol. The van der Waals surface area contributed by atoms with E-state index in [2.05, 4.69) is 222 Å². The molecule has 0 saturated carbocycles. The van der Waals surface area contributed by atoms with Crippen LogP contribution in [-0.2, 0) is 10.8 Å². The minimum absolute atomic E-state index is 0.199. The second-order valence-electron chi connectivity index (χ2n) is 19.5. The Balaban J connectivity index is 0.971. The highest BCUT2D eigenvalue weighted by molar-refractivity contribution is 6.24. The number of rotatable bonds is 3. The van der Waals surface area contributed by atoms with Gasteiger partial charge in [0, 0.05) is 21.6 Å². The first-order valence-electron chi connectivity index (χ1n) is 23.0. The first kappa shape index (κ1) is 36.7. The highest BCUT2D eigenvalue weighted by Gasteiger charge is 2.41. The van der Waals surface area contributed by atoms with Gasteiger partial charge in [0.15, 0.2) is 0 Å². The standard InChI is InChI=1S/C64H44O/c1-63(2)54-31-29-40(50-36-57-60(52-32-38-17-5-6-18-39(38)35-56(52)65-57)61-49-25-13-14-27-53(49)64(3,4)62(50)61)33-51(54)43-30-28-41(34-55(43)63)58-45-21-9-11-23-47(45)59(48-24-12-10-22-46(48)58)44-26-15-19-37-16-7-8-20-42(37)44/h5-36H,1-4H3. The topological polar surface area (TPSA) is 13.1 Å². The molecule has 0 unspecified atom stereocenters. The normalized spacial score (nSPS) is 14.4. The van der Waals surface area contributed by atoms with Crippen molar-refractivity contribution in [3.8, 4) is 55.6 Å². The van der Waals surface area contributed by atoms with Crippen molar-refractivity contribution in [2.24, 2.45) is 0 Å². The fourth-order valence-electron chi connectivity index (χ4n) is 12.4. The predicted molar refractivity (Wildman–Crippen MR) is 275 cm³/mol. The number of hydrogen-bond acceptors (Lipinski definition) is 1. The molecule has 65 heavy (non-hydrogen) atoms. The van der Waals surface area contributed by atoms with Crippen molar-refractivity contribution in [2.75, 3.05) is 0 Å². The molecule has 0 atom stereocenters. The van der Waals surface area contributed by atoms with E-state index >= 15 is 0 Å². The summed E-state index contributed by atoms with van der Waals surface area (Å²) >= 11 is 0. The zero-order chi connectivity index (χ0) is 43.3. The lowest BCUT2D eigenvalue weighted by atomic mass is 9.77. The third-order valence-corrected chi connectivity index (χ3v) is 15.4. The van der Waals surface area contributed by atoms with Gasteiger partial charge < -0.3 is 4.42 Å². The van der Waals surface area contributed by atoms with E-state index in [1.54, 1.807) is 0 Å². The average molecular weight is 829 g/mol. The van der Waals surface area contributed by atoms with Crippen molar-refractivity contribution in [2.45, 2.75) is 38.5 Å². The molecule has 0 saturated heterocycles. The molecule has 0 bridgehead atoms. The summed E-state index contributed by atoms with van der Waals surface area (Å²) in [6, 6.07) is 72.6. The quantitative estimate of drug-likeness (QED) is 0.162. The third kappa shape index (κ3) is 4.93. The van der Waals surface area contributed by atoms with E-state index in [1.807, 2.05) is 0 Å². The van der Waals surface area contributed by atoms with Gasteiger partial charge in [-0.3, -0.25) is 0 Å². The highest BCUT2D eigenvalue weighted by Crippen LogP contribution is 2.58. The van der Waals surface area contributed by atoms with E-state index in [0.29, 0.717) is 0 Å².